The molecule has 1 atom stereocenters. The summed E-state index contributed by atoms with van der Waals surface area (Å²) in [4.78, 5) is 19.3. The largest absolute Gasteiger partial charge is 0.398 e. The number of rotatable bonds is 5. The summed E-state index contributed by atoms with van der Waals surface area (Å²) in [5.41, 5.74) is 9.59. The Hall–Kier alpha value is -3.07. The van der Waals surface area contributed by atoms with Crippen LogP contribution in [-0.4, -0.2) is 66.1 Å². The van der Waals surface area contributed by atoms with E-state index in [0.717, 1.165) is 56.0 Å². The van der Waals surface area contributed by atoms with Gasteiger partial charge in [-0.3, -0.25) is 4.79 Å². The summed E-state index contributed by atoms with van der Waals surface area (Å²) >= 11 is 0. The fourth-order valence-corrected chi connectivity index (χ4v) is 4.57. The standard InChI is InChI=1S/C23H27BN6O2/c24-18-13-27-30-21(11-20(28-22(18)30)17-3-1-2-4-19(17)25)26-12-15-5-8-29(9-6-15)23(31)16-7-10-32-14-16/h1-4,11,13,15-16,26H,5-10,12,14,25H2. The Morgan fingerprint density at radius 2 is 2.06 bits per heavy atom. The first kappa shape index (κ1) is 20.8. The number of carbonyl (C=O) groups is 1. The van der Waals surface area contributed by atoms with Crippen molar-refractivity contribution < 1.29 is 9.53 Å². The van der Waals surface area contributed by atoms with Gasteiger partial charge >= 0.3 is 0 Å². The molecule has 1 aromatic carbocycles. The van der Waals surface area contributed by atoms with Gasteiger partial charge in [0.05, 0.1) is 18.2 Å². The first-order valence-electron chi connectivity index (χ1n) is 11.2. The molecular weight excluding hydrogens is 403 g/mol. The smallest absolute Gasteiger partial charge is 0.228 e. The van der Waals surface area contributed by atoms with Crippen molar-refractivity contribution in [1.82, 2.24) is 19.5 Å². The SMILES string of the molecule is [B]c1cnn2c(NCC3CCN(C(=O)C4CCOC4)CC3)cc(-c3ccccc3N)nc12. The van der Waals surface area contributed by atoms with Crippen LogP contribution in [0.2, 0.25) is 0 Å². The number of nitrogens with two attached hydrogens (primary N) is 1. The molecule has 5 rings (SSSR count). The second-order valence-electron chi connectivity index (χ2n) is 8.66. The maximum absolute atomic E-state index is 12.6. The van der Waals surface area contributed by atoms with Crippen LogP contribution in [0.1, 0.15) is 19.3 Å². The minimum absolute atomic E-state index is 0.0453. The maximum Gasteiger partial charge on any atom is 0.228 e. The van der Waals surface area contributed by atoms with E-state index in [1.807, 2.05) is 35.2 Å². The number of amides is 1. The molecule has 0 aliphatic carbocycles. The van der Waals surface area contributed by atoms with Gasteiger partial charge in [0.1, 0.15) is 13.7 Å². The predicted molar refractivity (Wildman–Crippen MR) is 125 cm³/mol. The van der Waals surface area contributed by atoms with Crippen molar-refractivity contribution in [2.24, 2.45) is 11.8 Å². The Kier molecular flexibility index (Phi) is 5.74. The molecule has 3 aromatic rings. The van der Waals surface area contributed by atoms with Crippen molar-refractivity contribution in [2.75, 3.05) is 43.9 Å². The topological polar surface area (TPSA) is 97.8 Å². The molecule has 2 radical (unpaired) electrons. The quantitative estimate of drug-likeness (QED) is 0.470. The molecule has 0 saturated carbocycles. The van der Waals surface area contributed by atoms with E-state index in [4.69, 9.17) is 18.3 Å². The van der Waals surface area contributed by atoms with Gasteiger partial charge in [0.25, 0.3) is 0 Å². The average Bonchev–Trinajstić information content (AvgIpc) is 3.48. The fourth-order valence-electron chi connectivity index (χ4n) is 4.57. The van der Waals surface area contributed by atoms with Gasteiger partial charge < -0.3 is 20.7 Å². The number of benzene rings is 1. The van der Waals surface area contributed by atoms with E-state index in [0.29, 0.717) is 35.9 Å². The lowest BCUT2D eigenvalue weighted by Crippen LogP contribution is -2.43. The zero-order valence-corrected chi connectivity index (χ0v) is 18.0. The molecule has 2 aromatic heterocycles. The number of nitrogens with one attached hydrogen (secondary N) is 1. The van der Waals surface area contributed by atoms with E-state index < -0.39 is 0 Å². The first-order chi connectivity index (χ1) is 15.6. The highest BCUT2D eigenvalue weighted by atomic mass is 16.5. The number of fused-ring (bicyclic) bond motifs is 1. The molecule has 2 aliphatic heterocycles. The average molecular weight is 430 g/mol. The molecule has 2 saturated heterocycles. The lowest BCUT2D eigenvalue weighted by molar-refractivity contribution is -0.136. The number of hydrogen-bond acceptors (Lipinski definition) is 6. The van der Waals surface area contributed by atoms with Crippen molar-refractivity contribution in [3.8, 4) is 11.3 Å². The number of anilines is 2. The minimum atomic E-state index is 0.0453. The molecule has 164 valence electrons. The highest BCUT2D eigenvalue weighted by Crippen LogP contribution is 2.27. The third kappa shape index (κ3) is 4.04. The predicted octanol–water partition coefficient (Wildman–Crippen LogP) is 1.46. The molecule has 8 nitrogen and oxygen atoms in total. The summed E-state index contributed by atoms with van der Waals surface area (Å²) in [7, 11) is 6.11. The normalized spacial score (nSPS) is 19.5. The van der Waals surface area contributed by atoms with Crippen molar-refractivity contribution in [1.29, 1.82) is 0 Å². The van der Waals surface area contributed by atoms with Gasteiger partial charge in [0.15, 0.2) is 5.65 Å². The van der Waals surface area contributed by atoms with Gasteiger partial charge in [-0.05, 0) is 36.7 Å². The Labute approximate surface area is 188 Å². The van der Waals surface area contributed by atoms with E-state index in [9.17, 15) is 4.79 Å². The van der Waals surface area contributed by atoms with Gasteiger partial charge in [-0.25, -0.2) is 4.98 Å². The number of hydrogen-bond donors (Lipinski definition) is 2. The molecule has 3 N–H and O–H groups in total. The van der Waals surface area contributed by atoms with Gasteiger partial charge in [-0.15, -0.1) is 0 Å². The van der Waals surface area contributed by atoms with E-state index in [-0.39, 0.29) is 11.8 Å². The highest BCUT2D eigenvalue weighted by Gasteiger charge is 2.30. The number of ether oxygens (including phenoxy) is 1. The summed E-state index contributed by atoms with van der Waals surface area (Å²) in [6.45, 7) is 3.66. The van der Waals surface area contributed by atoms with Crippen molar-refractivity contribution >= 4 is 36.4 Å². The number of para-hydroxylation sites is 1. The molecular formula is C23H27BN6O2. The van der Waals surface area contributed by atoms with Crippen LogP contribution < -0.4 is 16.5 Å². The number of nitrogens with zero attached hydrogens (tertiary/aromatic N) is 4. The van der Waals surface area contributed by atoms with Crippen molar-refractivity contribution in [3.63, 3.8) is 0 Å². The van der Waals surface area contributed by atoms with Crippen LogP contribution in [0.3, 0.4) is 0 Å². The van der Waals surface area contributed by atoms with Crippen LogP contribution >= 0.6 is 0 Å². The van der Waals surface area contributed by atoms with E-state index in [2.05, 4.69) is 15.4 Å². The molecule has 4 heterocycles. The number of piperidine rings is 1. The lowest BCUT2D eigenvalue weighted by atomic mass is 9.95. The highest BCUT2D eigenvalue weighted by molar-refractivity contribution is 6.36. The number of likely N-dealkylation sites (tertiary alicyclic amines) is 1. The molecule has 0 bridgehead atoms. The van der Waals surface area contributed by atoms with Crippen LogP contribution in [-0.2, 0) is 9.53 Å². The zero-order chi connectivity index (χ0) is 22.1. The molecule has 2 fully saturated rings. The Morgan fingerprint density at radius 1 is 1.25 bits per heavy atom. The summed E-state index contributed by atoms with van der Waals surface area (Å²) < 4.78 is 7.11. The molecule has 32 heavy (non-hydrogen) atoms. The van der Waals surface area contributed by atoms with Crippen molar-refractivity contribution in [2.45, 2.75) is 19.3 Å². The summed E-state index contributed by atoms with van der Waals surface area (Å²) in [5.74, 6) is 1.59. The summed E-state index contributed by atoms with van der Waals surface area (Å²) in [5, 5.41) is 7.93. The summed E-state index contributed by atoms with van der Waals surface area (Å²) in [6, 6.07) is 9.62. The van der Waals surface area contributed by atoms with Crippen LogP contribution in [0.15, 0.2) is 36.5 Å². The van der Waals surface area contributed by atoms with E-state index in [1.165, 1.54) is 0 Å². The zero-order valence-electron chi connectivity index (χ0n) is 18.0. The Balaban J connectivity index is 1.28. The van der Waals surface area contributed by atoms with E-state index in [1.54, 1.807) is 10.7 Å². The number of carbonyl (C=O) groups excluding carboxylic acids is 1. The number of nitrogen functional groups attached to an aromatic ring is 1. The molecule has 9 heteroatoms. The molecule has 2 aliphatic rings. The van der Waals surface area contributed by atoms with Crippen LogP contribution in [0, 0.1) is 11.8 Å². The second-order valence-corrected chi connectivity index (χ2v) is 8.66. The second kappa shape index (κ2) is 8.82. The lowest BCUT2D eigenvalue weighted by Gasteiger charge is -2.33. The van der Waals surface area contributed by atoms with Crippen LogP contribution in [0.25, 0.3) is 16.9 Å². The molecule has 0 spiro atoms. The van der Waals surface area contributed by atoms with Crippen LogP contribution in [0.4, 0.5) is 11.5 Å². The third-order valence-corrected chi connectivity index (χ3v) is 6.51. The van der Waals surface area contributed by atoms with Crippen molar-refractivity contribution in [3.05, 3.63) is 36.5 Å². The monoisotopic (exact) mass is 430 g/mol. The van der Waals surface area contributed by atoms with Gasteiger partial charge in [-0.2, -0.15) is 9.61 Å². The first-order valence-corrected chi connectivity index (χ1v) is 11.2. The fraction of sp³-hybridized carbons (Fsp3) is 0.435. The maximum atomic E-state index is 12.6. The van der Waals surface area contributed by atoms with Gasteiger partial charge in [0, 0.05) is 49.8 Å². The third-order valence-electron chi connectivity index (χ3n) is 6.51. The number of aromatic nitrogens is 3. The van der Waals surface area contributed by atoms with Gasteiger partial charge in [-0.1, -0.05) is 18.2 Å². The Morgan fingerprint density at radius 3 is 2.81 bits per heavy atom. The Bertz CT molecular complexity index is 1120. The van der Waals surface area contributed by atoms with Gasteiger partial charge in [0.2, 0.25) is 5.91 Å². The van der Waals surface area contributed by atoms with E-state index >= 15 is 0 Å². The molecule has 1 amide bonds. The summed E-state index contributed by atoms with van der Waals surface area (Å²) in [6.07, 6.45) is 4.41. The molecule has 1 unspecified atom stereocenters. The minimum Gasteiger partial charge on any atom is -0.398 e. The van der Waals surface area contributed by atoms with Crippen LogP contribution in [0.5, 0.6) is 0 Å².